The first-order valence-electron chi connectivity index (χ1n) is 12.9. The number of fused-ring (bicyclic) bond motifs is 1. The molecule has 0 aromatic heterocycles. The summed E-state index contributed by atoms with van der Waals surface area (Å²) < 4.78 is 12.1. The predicted molar refractivity (Wildman–Crippen MR) is 146 cm³/mol. The lowest BCUT2D eigenvalue weighted by molar-refractivity contribution is -0.0960. The molecule has 1 saturated heterocycles. The number of carboxylic acids is 1. The van der Waals surface area contributed by atoms with E-state index >= 15 is 0 Å². The number of hydrogen-bond acceptors (Lipinski definition) is 5. The van der Waals surface area contributed by atoms with Crippen LogP contribution in [0.1, 0.15) is 53.2 Å². The average molecular weight is 513 g/mol. The molecule has 0 aliphatic carbocycles. The summed E-state index contributed by atoms with van der Waals surface area (Å²) in [6, 6.07) is 24.7. The maximum atomic E-state index is 12.1. The van der Waals surface area contributed by atoms with Crippen LogP contribution in [0.25, 0.3) is 21.9 Å². The monoisotopic (exact) mass is 512 g/mol. The van der Waals surface area contributed by atoms with Gasteiger partial charge in [0.2, 0.25) is 0 Å². The van der Waals surface area contributed by atoms with Crippen LogP contribution in [0.2, 0.25) is 0 Å². The number of hydrogen-bond donors (Lipinski definition) is 3. The lowest BCUT2D eigenvalue weighted by Gasteiger charge is -2.37. The highest BCUT2D eigenvalue weighted by Crippen LogP contribution is 2.37. The van der Waals surface area contributed by atoms with Gasteiger partial charge >= 0.3 is 5.97 Å². The Labute approximate surface area is 222 Å². The Morgan fingerprint density at radius 2 is 1.79 bits per heavy atom. The van der Waals surface area contributed by atoms with Crippen LogP contribution >= 0.6 is 0 Å². The maximum absolute atomic E-state index is 12.1. The SMILES string of the molecule is CC1C[C@H](O)C(c2cccc(COc3ccc4c(-c5ccccc5)c(CO)c(C(=O)O)cc4c3)c2)C(C)O1. The normalized spacial score (nSPS) is 21.4. The van der Waals surface area contributed by atoms with Crippen LogP contribution < -0.4 is 4.74 Å². The van der Waals surface area contributed by atoms with Gasteiger partial charge in [0.15, 0.2) is 0 Å². The summed E-state index contributed by atoms with van der Waals surface area (Å²) >= 11 is 0. The van der Waals surface area contributed by atoms with Gasteiger partial charge in [-0.2, -0.15) is 0 Å². The minimum absolute atomic E-state index is 0.0353. The Morgan fingerprint density at radius 1 is 1.00 bits per heavy atom. The summed E-state index contributed by atoms with van der Waals surface area (Å²) in [7, 11) is 0. The van der Waals surface area contributed by atoms with Gasteiger partial charge in [0.1, 0.15) is 12.4 Å². The summed E-state index contributed by atoms with van der Waals surface area (Å²) in [6.45, 7) is 3.92. The summed E-state index contributed by atoms with van der Waals surface area (Å²) in [5.74, 6) is -0.578. The van der Waals surface area contributed by atoms with E-state index in [0.29, 0.717) is 29.9 Å². The van der Waals surface area contributed by atoms with E-state index < -0.39 is 12.1 Å². The van der Waals surface area contributed by atoms with Crippen LogP contribution in [0.15, 0.2) is 78.9 Å². The lowest BCUT2D eigenvalue weighted by Crippen LogP contribution is -2.40. The Bertz CT molecular complexity index is 1440. The molecule has 1 heterocycles. The fraction of sp³-hybridized carbons (Fsp3) is 0.281. The quantitative estimate of drug-likeness (QED) is 0.285. The van der Waals surface area contributed by atoms with E-state index in [1.807, 2.05) is 86.6 Å². The van der Waals surface area contributed by atoms with Gasteiger partial charge in [0.05, 0.1) is 30.5 Å². The van der Waals surface area contributed by atoms with E-state index in [0.717, 1.165) is 27.5 Å². The molecule has 1 aliphatic heterocycles. The van der Waals surface area contributed by atoms with Crippen LogP contribution in [0.4, 0.5) is 0 Å². The predicted octanol–water partition coefficient (Wildman–Crippen LogP) is 5.92. The highest BCUT2D eigenvalue weighted by atomic mass is 16.5. The zero-order valence-corrected chi connectivity index (χ0v) is 21.5. The molecule has 0 spiro atoms. The van der Waals surface area contributed by atoms with Crippen molar-refractivity contribution in [3.63, 3.8) is 0 Å². The number of aromatic carboxylic acids is 1. The molecule has 1 fully saturated rings. The second-order valence-corrected chi connectivity index (χ2v) is 10.0. The molecule has 0 radical (unpaired) electrons. The van der Waals surface area contributed by atoms with Crippen molar-refractivity contribution in [2.45, 2.75) is 57.7 Å². The van der Waals surface area contributed by atoms with E-state index in [4.69, 9.17) is 9.47 Å². The lowest BCUT2D eigenvalue weighted by atomic mass is 9.83. The molecule has 0 saturated carbocycles. The van der Waals surface area contributed by atoms with Crippen molar-refractivity contribution in [1.82, 2.24) is 0 Å². The fourth-order valence-electron chi connectivity index (χ4n) is 5.66. The molecule has 3 N–H and O–H groups in total. The minimum atomic E-state index is -1.09. The van der Waals surface area contributed by atoms with Crippen molar-refractivity contribution in [3.8, 4) is 16.9 Å². The zero-order valence-electron chi connectivity index (χ0n) is 21.5. The van der Waals surface area contributed by atoms with Crippen LogP contribution in [0.3, 0.4) is 0 Å². The third-order valence-electron chi connectivity index (χ3n) is 7.35. The minimum Gasteiger partial charge on any atom is -0.489 e. The number of rotatable bonds is 7. The van der Waals surface area contributed by atoms with Crippen molar-refractivity contribution in [3.05, 3.63) is 101 Å². The molecule has 4 atom stereocenters. The van der Waals surface area contributed by atoms with Crippen LogP contribution in [0.5, 0.6) is 5.75 Å². The Kier molecular flexibility index (Phi) is 7.47. The number of ether oxygens (including phenoxy) is 2. The topological polar surface area (TPSA) is 96.2 Å². The van der Waals surface area contributed by atoms with E-state index in [1.54, 1.807) is 6.07 Å². The molecule has 6 heteroatoms. The molecule has 5 rings (SSSR count). The van der Waals surface area contributed by atoms with Crippen molar-refractivity contribution < 1.29 is 29.6 Å². The number of carbonyl (C=O) groups is 1. The molecule has 1 aliphatic rings. The van der Waals surface area contributed by atoms with Crippen molar-refractivity contribution in [2.75, 3.05) is 0 Å². The first-order chi connectivity index (χ1) is 18.4. The smallest absolute Gasteiger partial charge is 0.336 e. The van der Waals surface area contributed by atoms with Crippen LogP contribution in [-0.4, -0.2) is 39.6 Å². The Morgan fingerprint density at radius 3 is 2.50 bits per heavy atom. The van der Waals surface area contributed by atoms with Gasteiger partial charge in [0, 0.05) is 11.5 Å². The van der Waals surface area contributed by atoms with E-state index in [2.05, 4.69) is 0 Å². The van der Waals surface area contributed by atoms with Gasteiger partial charge in [-0.1, -0.05) is 60.7 Å². The molecule has 196 valence electrons. The van der Waals surface area contributed by atoms with Gasteiger partial charge in [0.25, 0.3) is 0 Å². The fourth-order valence-corrected chi connectivity index (χ4v) is 5.66. The summed E-state index contributed by atoms with van der Waals surface area (Å²) in [5, 5.41) is 32.2. The molecule has 6 nitrogen and oxygen atoms in total. The van der Waals surface area contributed by atoms with Gasteiger partial charge in [-0.15, -0.1) is 0 Å². The molecule has 4 aromatic rings. The van der Waals surface area contributed by atoms with Crippen molar-refractivity contribution >= 4 is 16.7 Å². The molecule has 0 amide bonds. The van der Waals surface area contributed by atoms with Crippen LogP contribution in [0, 0.1) is 0 Å². The van der Waals surface area contributed by atoms with Gasteiger partial charge in [-0.25, -0.2) is 4.79 Å². The van der Waals surface area contributed by atoms with Crippen LogP contribution in [-0.2, 0) is 18.0 Å². The standard InChI is InChI=1S/C32H32O6/c1-19-13-29(34)30(20(2)38-19)23-10-6-7-21(14-23)18-37-25-11-12-26-24(15-25)16-27(32(35)36)28(17-33)31(26)22-8-4-3-5-9-22/h3-12,14-16,19-20,29-30,33-34H,13,17-18H2,1-2H3,(H,35,36)/t19?,20?,29-,30?/m0/s1. The number of aliphatic hydroxyl groups excluding tert-OH is 2. The summed E-state index contributed by atoms with van der Waals surface area (Å²) in [4.78, 5) is 12.1. The third-order valence-corrected chi connectivity index (χ3v) is 7.35. The van der Waals surface area contributed by atoms with Crippen molar-refractivity contribution in [2.24, 2.45) is 0 Å². The highest BCUT2D eigenvalue weighted by molar-refractivity contribution is 6.05. The van der Waals surface area contributed by atoms with Gasteiger partial charge in [-0.05, 0) is 71.5 Å². The number of benzene rings is 4. The van der Waals surface area contributed by atoms with E-state index in [-0.39, 0.29) is 30.3 Å². The summed E-state index contributed by atoms with van der Waals surface area (Å²) in [6.07, 6.45) is 0.0924. The number of aliphatic hydroxyl groups is 2. The first-order valence-corrected chi connectivity index (χ1v) is 12.9. The van der Waals surface area contributed by atoms with Gasteiger partial charge < -0.3 is 24.8 Å². The second kappa shape index (κ2) is 11.0. The molecule has 0 bridgehead atoms. The van der Waals surface area contributed by atoms with E-state index in [9.17, 15) is 20.1 Å². The van der Waals surface area contributed by atoms with Gasteiger partial charge in [-0.3, -0.25) is 0 Å². The molecule has 38 heavy (non-hydrogen) atoms. The Balaban J connectivity index is 1.44. The first kappa shape index (κ1) is 25.9. The zero-order chi connectivity index (χ0) is 26.8. The van der Waals surface area contributed by atoms with Crippen molar-refractivity contribution in [1.29, 1.82) is 0 Å². The molecule has 3 unspecified atom stereocenters. The molecular formula is C32H32O6. The third kappa shape index (κ3) is 5.16. The van der Waals surface area contributed by atoms with E-state index in [1.165, 1.54) is 0 Å². The number of carboxylic acid groups (broad SMARTS) is 1. The maximum Gasteiger partial charge on any atom is 0.336 e. The molecular weight excluding hydrogens is 480 g/mol. The average Bonchev–Trinajstić information content (AvgIpc) is 2.90. The Hall–Kier alpha value is -3.71. The molecule has 4 aromatic carbocycles. The second-order valence-electron chi connectivity index (χ2n) is 10.0. The largest absolute Gasteiger partial charge is 0.489 e. The summed E-state index contributed by atoms with van der Waals surface area (Å²) in [5.41, 5.74) is 3.99. The highest BCUT2D eigenvalue weighted by Gasteiger charge is 2.34.